The molecule has 1 rings (SSSR count). The van der Waals surface area contributed by atoms with Gasteiger partial charge in [-0.05, 0) is 18.3 Å². The summed E-state index contributed by atoms with van der Waals surface area (Å²) >= 11 is 0. The Hall–Kier alpha value is -0.940. The number of urea groups is 1. The number of nitrogens with one attached hydrogen (secondary N) is 1. The van der Waals surface area contributed by atoms with Crippen LogP contribution in [0.15, 0.2) is 0 Å². The van der Waals surface area contributed by atoms with Crippen molar-refractivity contribution in [2.24, 2.45) is 11.8 Å². The van der Waals surface area contributed by atoms with Gasteiger partial charge in [-0.3, -0.25) is 0 Å². The van der Waals surface area contributed by atoms with Crippen molar-refractivity contribution in [3.05, 3.63) is 0 Å². The van der Waals surface area contributed by atoms with Crippen molar-refractivity contribution in [1.29, 1.82) is 0 Å². The Labute approximate surface area is 86.6 Å². The molecule has 0 aromatic rings. The van der Waals surface area contributed by atoms with E-state index >= 15 is 0 Å². The Balaban J connectivity index is 2.21. The van der Waals surface area contributed by atoms with E-state index in [9.17, 15) is 18.0 Å². The molecule has 0 radical (unpaired) electrons. The van der Waals surface area contributed by atoms with E-state index in [1.165, 1.54) is 11.9 Å². The second-order valence-electron chi connectivity index (χ2n) is 4.13. The number of carbonyl (C=O) groups excluding carboxylic acids is 1. The van der Waals surface area contributed by atoms with Crippen molar-refractivity contribution in [3.63, 3.8) is 0 Å². The maximum Gasteiger partial charge on any atom is 0.405 e. The number of halogens is 3. The van der Waals surface area contributed by atoms with E-state index in [2.05, 4.69) is 6.92 Å². The lowest BCUT2D eigenvalue weighted by Gasteiger charge is -2.18. The third-order valence-corrected chi connectivity index (χ3v) is 2.57. The standard InChI is InChI=1S/C9H15F3N2O/c1-6-3-7(6)4-14(2)8(15)13-5-9(10,11)12/h6-7H,3-5H2,1-2H3,(H,13,15). The number of rotatable bonds is 3. The molecule has 2 atom stereocenters. The topological polar surface area (TPSA) is 32.3 Å². The highest BCUT2D eigenvalue weighted by atomic mass is 19.4. The third-order valence-electron chi connectivity index (χ3n) is 2.57. The average molecular weight is 224 g/mol. The fourth-order valence-electron chi connectivity index (χ4n) is 1.40. The Morgan fingerprint density at radius 3 is 2.47 bits per heavy atom. The molecule has 6 heteroatoms. The second-order valence-corrected chi connectivity index (χ2v) is 4.13. The molecule has 0 aromatic heterocycles. The molecule has 15 heavy (non-hydrogen) atoms. The molecule has 2 amide bonds. The first-order valence-corrected chi connectivity index (χ1v) is 4.85. The molecule has 1 N–H and O–H groups in total. The first kappa shape index (κ1) is 12.1. The Bertz CT molecular complexity index is 242. The highest BCUT2D eigenvalue weighted by molar-refractivity contribution is 5.73. The highest BCUT2D eigenvalue weighted by Crippen LogP contribution is 2.37. The molecule has 88 valence electrons. The molecule has 3 nitrogen and oxygen atoms in total. The highest BCUT2D eigenvalue weighted by Gasteiger charge is 2.34. The fraction of sp³-hybridized carbons (Fsp3) is 0.889. The summed E-state index contributed by atoms with van der Waals surface area (Å²) in [6.07, 6.45) is -3.29. The van der Waals surface area contributed by atoms with Gasteiger partial charge in [0.25, 0.3) is 0 Å². The number of nitrogens with zero attached hydrogens (tertiary/aromatic N) is 1. The second kappa shape index (κ2) is 4.28. The lowest BCUT2D eigenvalue weighted by Crippen LogP contribution is -2.42. The lowest BCUT2D eigenvalue weighted by atomic mass is 10.3. The van der Waals surface area contributed by atoms with Gasteiger partial charge < -0.3 is 10.2 Å². The summed E-state index contributed by atoms with van der Waals surface area (Å²) in [6.45, 7) is 1.33. The third kappa shape index (κ3) is 4.40. The predicted octanol–water partition coefficient (Wildman–Crippen LogP) is 1.85. The molecular weight excluding hydrogens is 209 g/mol. The quantitative estimate of drug-likeness (QED) is 0.779. The SMILES string of the molecule is CC1CC1CN(C)C(=O)NCC(F)(F)F. The normalized spacial score (nSPS) is 24.9. The van der Waals surface area contributed by atoms with Crippen LogP contribution in [0.4, 0.5) is 18.0 Å². The van der Waals surface area contributed by atoms with Crippen molar-refractivity contribution in [2.45, 2.75) is 19.5 Å². The molecule has 1 fully saturated rings. The number of amides is 2. The Kier molecular flexibility index (Phi) is 3.46. The van der Waals surface area contributed by atoms with Crippen LogP contribution in [0.1, 0.15) is 13.3 Å². The monoisotopic (exact) mass is 224 g/mol. The summed E-state index contributed by atoms with van der Waals surface area (Å²) in [4.78, 5) is 12.5. The first-order valence-electron chi connectivity index (χ1n) is 4.85. The number of hydrogen-bond acceptors (Lipinski definition) is 1. The molecule has 0 aliphatic heterocycles. The molecule has 0 spiro atoms. The van der Waals surface area contributed by atoms with E-state index in [4.69, 9.17) is 0 Å². The van der Waals surface area contributed by atoms with Gasteiger partial charge in [0.15, 0.2) is 0 Å². The van der Waals surface area contributed by atoms with Crippen LogP contribution in [-0.2, 0) is 0 Å². The minimum atomic E-state index is -4.34. The van der Waals surface area contributed by atoms with Crippen molar-refractivity contribution in [2.75, 3.05) is 20.1 Å². The zero-order valence-electron chi connectivity index (χ0n) is 8.77. The van der Waals surface area contributed by atoms with Crippen LogP contribution in [0.2, 0.25) is 0 Å². The van der Waals surface area contributed by atoms with E-state index in [0.29, 0.717) is 18.4 Å². The van der Waals surface area contributed by atoms with Crippen LogP contribution in [0, 0.1) is 11.8 Å². The first-order chi connectivity index (χ1) is 6.79. The van der Waals surface area contributed by atoms with Crippen LogP contribution in [0.3, 0.4) is 0 Å². The van der Waals surface area contributed by atoms with Gasteiger partial charge in [-0.15, -0.1) is 0 Å². The van der Waals surface area contributed by atoms with Gasteiger partial charge in [-0.25, -0.2) is 4.79 Å². The predicted molar refractivity (Wildman–Crippen MR) is 49.4 cm³/mol. The molecule has 0 aromatic carbocycles. The minimum Gasteiger partial charge on any atom is -0.329 e. The summed E-state index contributed by atoms with van der Waals surface area (Å²) in [5, 5.41) is 1.83. The molecule has 0 saturated heterocycles. The zero-order chi connectivity index (χ0) is 11.6. The van der Waals surface area contributed by atoms with Gasteiger partial charge >= 0.3 is 12.2 Å². The molecular formula is C9H15F3N2O. The molecule has 0 heterocycles. The van der Waals surface area contributed by atoms with Gasteiger partial charge in [-0.2, -0.15) is 13.2 Å². The molecule has 2 unspecified atom stereocenters. The Morgan fingerprint density at radius 2 is 2.07 bits per heavy atom. The Morgan fingerprint density at radius 1 is 1.53 bits per heavy atom. The van der Waals surface area contributed by atoms with Crippen LogP contribution in [0.25, 0.3) is 0 Å². The summed E-state index contributed by atoms with van der Waals surface area (Å²) in [7, 11) is 1.51. The van der Waals surface area contributed by atoms with Gasteiger partial charge in [0.05, 0.1) is 0 Å². The van der Waals surface area contributed by atoms with Gasteiger partial charge in [0, 0.05) is 13.6 Å². The van der Waals surface area contributed by atoms with Crippen LogP contribution in [-0.4, -0.2) is 37.2 Å². The molecule has 1 saturated carbocycles. The van der Waals surface area contributed by atoms with E-state index in [0.717, 1.165) is 6.42 Å². The van der Waals surface area contributed by atoms with E-state index in [-0.39, 0.29) is 0 Å². The average Bonchev–Trinajstić information content (AvgIpc) is 2.76. The van der Waals surface area contributed by atoms with E-state index in [1.807, 2.05) is 5.32 Å². The summed E-state index contributed by atoms with van der Waals surface area (Å²) in [5.74, 6) is 1.04. The summed E-state index contributed by atoms with van der Waals surface area (Å²) < 4.78 is 35.3. The van der Waals surface area contributed by atoms with Crippen LogP contribution in [0.5, 0.6) is 0 Å². The van der Waals surface area contributed by atoms with E-state index in [1.54, 1.807) is 0 Å². The van der Waals surface area contributed by atoms with Crippen molar-refractivity contribution in [1.82, 2.24) is 10.2 Å². The number of carbonyl (C=O) groups is 1. The van der Waals surface area contributed by atoms with Crippen molar-refractivity contribution >= 4 is 6.03 Å². The minimum absolute atomic E-state index is 0.451. The van der Waals surface area contributed by atoms with Gasteiger partial charge in [-0.1, -0.05) is 6.92 Å². The lowest BCUT2D eigenvalue weighted by molar-refractivity contribution is -0.123. The van der Waals surface area contributed by atoms with Crippen LogP contribution >= 0.6 is 0 Å². The smallest absolute Gasteiger partial charge is 0.329 e. The number of hydrogen-bond donors (Lipinski definition) is 1. The fourth-order valence-corrected chi connectivity index (χ4v) is 1.40. The van der Waals surface area contributed by atoms with Crippen molar-refractivity contribution < 1.29 is 18.0 Å². The van der Waals surface area contributed by atoms with Gasteiger partial charge in [0.2, 0.25) is 0 Å². The maximum atomic E-state index is 11.8. The van der Waals surface area contributed by atoms with E-state index < -0.39 is 18.8 Å². The van der Waals surface area contributed by atoms with Crippen LogP contribution < -0.4 is 5.32 Å². The van der Waals surface area contributed by atoms with Crippen molar-refractivity contribution in [3.8, 4) is 0 Å². The summed E-state index contributed by atoms with van der Waals surface area (Å²) in [5.41, 5.74) is 0. The largest absolute Gasteiger partial charge is 0.405 e. The molecule has 1 aliphatic rings. The van der Waals surface area contributed by atoms with Gasteiger partial charge in [0.1, 0.15) is 6.54 Å². The maximum absolute atomic E-state index is 11.8. The zero-order valence-corrected chi connectivity index (χ0v) is 8.77. The molecule has 0 bridgehead atoms. The molecule has 1 aliphatic carbocycles. The summed E-state index contributed by atoms with van der Waals surface area (Å²) in [6, 6.07) is -0.661. The number of alkyl halides is 3.